The largest absolute Gasteiger partial charge is 0.495 e. The summed E-state index contributed by atoms with van der Waals surface area (Å²) in [6.07, 6.45) is 1.21. The maximum Gasteiger partial charge on any atom is 0.353 e. The number of nitro groups is 1. The van der Waals surface area contributed by atoms with Crippen molar-refractivity contribution >= 4 is 51.1 Å². The van der Waals surface area contributed by atoms with Crippen LogP contribution in [0.1, 0.15) is 10.6 Å². The van der Waals surface area contributed by atoms with E-state index in [9.17, 15) is 10.1 Å². The third-order valence-corrected chi connectivity index (χ3v) is 5.27. The molecule has 0 fully saturated rings. The lowest BCUT2D eigenvalue weighted by Gasteiger charge is -2.14. The molecule has 0 amide bonds. The van der Waals surface area contributed by atoms with Crippen molar-refractivity contribution in [3.63, 3.8) is 0 Å². The highest BCUT2D eigenvalue weighted by molar-refractivity contribution is 7.15. The van der Waals surface area contributed by atoms with Crippen LogP contribution in [0.4, 0.5) is 28.1 Å². The molecule has 152 valence electrons. The molecule has 12 heteroatoms. The number of hydrogen-bond acceptors (Lipinski definition) is 10. The van der Waals surface area contributed by atoms with Crippen molar-refractivity contribution < 1.29 is 14.4 Å². The molecule has 1 aromatic carbocycles. The van der Waals surface area contributed by atoms with Crippen LogP contribution < -0.4 is 20.1 Å². The minimum atomic E-state index is -0.574. The molecule has 0 aliphatic carbocycles. The van der Waals surface area contributed by atoms with Gasteiger partial charge in [0.2, 0.25) is 11.6 Å². The summed E-state index contributed by atoms with van der Waals surface area (Å²) in [6.45, 7) is 3.78. The summed E-state index contributed by atoms with van der Waals surface area (Å²) in [5, 5.41) is 18.4. The number of nitrogens with one attached hydrogen (secondary N) is 2. The van der Waals surface area contributed by atoms with Gasteiger partial charge in [0.05, 0.1) is 35.5 Å². The van der Waals surface area contributed by atoms with Crippen molar-refractivity contribution in [3.8, 4) is 11.5 Å². The van der Waals surface area contributed by atoms with E-state index in [1.807, 2.05) is 13.8 Å². The van der Waals surface area contributed by atoms with Gasteiger partial charge in [0.25, 0.3) is 0 Å². The van der Waals surface area contributed by atoms with Gasteiger partial charge in [-0.25, -0.2) is 15.0 Å². The minimum Gasteiger partial charge on any atom is -0.495 e. The fourth-order valence-electron chi connectivity index (χ4n) is 2.45. The average Bonchev–Trinajstić information content (AvgIpc) is 2.99. The Morgan fingerprint density at radius 2 is 1.76 bits per heavy atom. The number of aryl methyl sites for hydroxylation is 2. The minimum absolute atomic E-state index is 0.0137. The van der Waals surface area contributed by atoms with E-state index in [1.54, 1.807) is 6.07 Å². The van der Waals surface area contributed by atoms with Gasteiger partial charge in [0, 0.05) is 10.9 Å². The number of halogens is 1. The van der Waals surface area contributed by atoms with E-state index < -0.39 is 4.92 Å². The van der Waals surface area contributed by atoms with Crippen molar-refractivity contribution in [1.82, 2.24) is 15.0 Å². The number of nitrogens with zero attached hydrogens (tertiary/aromatic N) is 4. The molecular weight excluding hydrogens is 420 g/mol. The van der Waals surface area contributed by atoms with E-state index in [0.717, 1.165) is 10.6 Å². The van der Waals surface area contributed by atoms with Gasteiger partial charge in [-0.1, -0.05) is 11.6 Å². The summed E-state index contributed by atoms with van der Waals surface area (Å²) in [5.74, 6) is 0.764. The predicted octanol–water partition coefficient (Wildman–Crippen LogP) is 4.62. The molecule has 0 saturated carbocycles. The molecule has 3 aromatic rings. The van der Waals surface area contributed by atoms with Crippen LogP contribution in [0.15, 0.2) is 18.5 Å². The number of methoxy groups -OCH3 is 2. The quantitative estimate of drug-likeness (QED) is 0.403. The molecular formula is C17H17ClN6O4S. The van der Waals surface area contributed by atoms with Crippen LogP contribution in [0.25, 0.3) is 0 Å². The van der Waals surface area contributed by atoms with Gasteiger partial charge in [0.1, 0.15) is 17.8 Å². The van der Waals surface area contributed by atoms with Gasteiger partial charge in [-0.3, -0.25) is 10.1 Å². The van der Waals surface area contributed by atoms with Crippen LogP contribution in [-0.4, -0.2) is 34.1 Å². The highest BCUT2D eigenvalue weighted by Gasteiger charge is 2.25. The van der Waals surface area contributed by atoms with Crippen LogP contribution in [0.2, 0.25) is 5.02 Å². The Morgan fingerprint density at radius 1 is 1.10 bits per heavy atom. The molecule has 0 saturated heterocycles. The lowest BCUT2D eigenvalue weighted by atomic mass is 10.2. The maximum atomic E-state index is 11.8. The van der Waals surface area contributed by atoms with Crippen LogP contribution >= 0.6 is 22.9 Å². The number of hydrogen-bond donors (Lipinski definition) is 2. The first-order valence-electron chi connectivity index (χ1n) is 8.23. The van der Waals surface area contributed by atoms with E-state index in [0.29, 0.717) is 27.3 Å². The maximum absolute atomic E-state index is 11.8. The zero-order chi connectivity index (χ0) is 21.1. The average molecular weight is 437 g/mol. The number of rotatable bonds is 7. The van der Waals surface area contributed by atoms with Crippen LogP contribution in [0.5, 0.6) is 11.5 Å². The summed E-state index contributed by atoms with van der Waals surface area (Å²) < 4.78 is 10.5. The molecule has 2 aromatic heterocycles. The number of benzene rings is 1. The molecule has 0 radical (unpaired) electrons. The first-order valence-corrected chi connectivity index (χ1v) is 9.42. The third kappa shape index (κ3) is 4.30. The van der Waals surface area contributed by atoms with Crippen molar-refractivity contribution in [2.45, 2.75) is 13.8 Å². The zero-order valence-corrected chi connectivity index (χ0v) is 17.5. The van der Waals surface area contributed by atoms with Gasteiger partial charge < -0.3 is 20.1 Å². The number of thiazole rings is 1. The van der Waals surface area contributed by atoms with E-state index in [-0.39, 0.29) is 17.3 Å². The van der Waals surface area contributed by atoms with E-state index in [2.05, 4.69) is 25.6 Å². The number of anilines is 4. The zero-order valence-electron chi connectivity index (χ0n) is 15.9. The first kappa shape index (κ1) is 20.6. The third-order valence-electron chi connectivity index (χ3n) is 3.99. The van der Waals surface area contributed by atoms with Crippen LogP contribution in [0, 0.1) is 24.0 Å². The Morgan fingerprint density at radius 3 is 2.31 bits per heavy atom. The van der Waals surface area contributed by atoms with Crippen molar-refractivity contribution in [1.29, 1.82) is 0 Å². The summed E-state index contributed by atoms with van der Waals surface area (Å²) in [5.41, 5.74) is 0.879. The summed E-state index contributed by atoms with van der Waals surface area (Å²) in [6, 6.07) is 3.10. The lowest BCUT2D eigenvalue weighted by Crippen LogP contribution is -2.06. The topological polar surface area (TPSA) is 124 Å². The molecule has 2 N–H and O–H groups in total. The van der Waals surface area contributed by atoms with Crippen molar-refractivity contribution in [2.75, 3.05) is 24.9 Å². The molecule has 0 aliphatic heterocycles. The second-order valence-corrected chi connectivity index (χ2v) is 7.38. The molecule has 0 spiro atoms. The molecule has 10 nitrogen and oxygen atoms in total. The lowest BCUT2D eigenvalue weighted by molar-refractivity contribution is -0.383. The summed E-state index contributed by atoms with van der Waals surface area (Å²) in [7, 11) is 2.94. The molecule has 2 heterocycles. The van der Waals surface area contributed by atoms with Gasteiger partial charge in [-0.15, -0.1) is 11.3 Å². The number of aromatic nitrogens is 3. The van der Waals surface area contributed by atoms with Gasteiger partial charge in [-0.2, -0.15) is 0 Å². The smallest absolute Gasteiger partial charge is 0.353 e. The van der Waals surface area contributed by atoms with Crippen LogP contribution in [-0.2, 0) is 0 Å². The highest BCUT2D eigenvalue weighted by atomic mass is 35.5. The van der Waals surface area contributed by atoms with E-state index >= 15 is 0 Å². The fourth-order valence-corrected chi connectivity index (χ4v) is 3.50. The Kier molecular flexibility index (Phi) is 5.99. The Bertz CT molecular complexity index is 1050. The predicted molar refractivity (Wildman–Crippen MR) is 111 cm³/mol. The standard InChI is InChI=1S/C17H17ClN6O4S/c1-8-9(2)29-17(21-8)23-16-14(24(25)26)15(19-7-20-16)22-11-5-10(18)12(27-3)6-13(11)28-4/h5-7H,1-4H3,(H2,19,20,21,22,23). The summed E-state index contributed by atoms with van der Waals surface area (Å²) >= 11 is 7.55. The van der Waals surface area contributed by atoms with E-state index in [4.69, 9.17) is 21.1 Å². The van der Waals surface area contributed by atoms with Gasteiger partial charge in [-0.05, 0) is 19.9 Å². The Hall–Kier alpha value is -3.18. The molecule has 0 aliphatic rings. The Balaban J connectivity index is 2.02. The molecule has 3 rings (SSSR count). The van der Waals surface area contributed by atoms with E-state index in [1.165, 1.54) is 38.0 Å². The Labute approximate surface area is 175 Å². The van der Waals surface area contributed by atoms with Gasteiger partial charge >= 0.3 is 5.69 Å². The fraction of sp³-hybridized carbons (Fsp3) is 0.235. The van der Waals surface area contributed by atoms with Crippen LogP contribution in [0.3, 0.4) is 0 Å². The molecule has 29 heavy (non-hydrogen) atoms. The first-order chi connectivity index (χ1) is 13.8. The monoisotopic (exact) mass is 436 g/mol. The molecule has 0 bridgehead atoms. The second-order valence-electron chi connectivity index (χ2n) is 5.77. The summed E-state index contributed by atoms with van der Waals surface area (Å²) in [4.78, 5) is 24.6. The second kappa shape index (κ2) is 8.45. The SMILES string of the molecule is COc1cc(OC)c(Nc2ncnc(Nc3nc(C)c(C)s3)c2[N+](=O)[O-])cc1Cl. The normalized spacial score (nSPS) is 10.5. The number of ether oxygens (including phenoxy) is 2. The highest BCUT2D eigenvalue weighted by Crippen LogP contribution is 2.40. The van der Waals surface area contributed by atoms with Gasteiger partial charge in [0.15, 0.2) is 5.13 Å². The molecule has 0 atom stereocenters. The van der Waals surface area contributed by atoms with Crippen molar-refractivity contribution in [3.05, 3.63) is 44.2 Å². The van der Waals surface area contributed by atoms with Crippen molar-refractivity contribution in [2.24, 2.45) is 0 Å². The molecule has 0 unspecified atom stereocenters.